The third kappa shape index (κ3) is 3.58. The van der Waals surface area contributed by atoms with Crippen LogP contribution in [0, 0.1) is 0 Å². The van der Waals surface area contributed by atoms with Crippen molar-refractivity contribution in [3.8, 4) is 5.75 Å². The average Bonchev–Trinajstić information content (AvgIpc) is 3.20. The molecule has 2 aromatic rings. The van der Waals surface area contributed by atoms with E-state index < -0.39 is 11.9 Å². The van der Waals surface area contributed by atoms with Gasteiger partial charge < -0.3 is 14.5 Å². The van der Waals surface area contributed by atoms with Crippen LogP contribution in [-0.2, 0) is 11.3 Å². The van der Waals surface area contributed by atoms with Gasteiger partial charge in [0.2, 0.25) is 5.78 Å². The molecule has 0 aliphatic carbocycles. The second kappa shape index (κ2) is 7.53. The maximum Gasteiger partial charge on any atom is 0.312 e. The normalized spacial score (nSPS) is 15.8. The van der Waals surface area contributed by atoms with Gasteiger partial charge in [-0.15, -0.1) is 0 Å². The Labute approximate surface area is 146 Å². The summed E-state index contributed by atoms with van der Waals surface area (Å²) in [5.41, 5.74) is 4.68. The Hall–Kier alpha value is -2.60. The van der Waals surface area contributed by atoms with Crippen LogP contribution in [0.2, 0.25) is 0 Å². The van der Waals surface area contributed by atoms with E-state index in [0.29, 0.717) is 35.7 Å². The number of ketones is 1. The molecule has 132 valence electrons. The van der Waals surface area contributed by atoms with Crippen molar-refractivity contribution < 1.29 is 19.5 Å². The van der Waals surface area contributed by atoms with Crippen molar-refractivity contribution in [2.75, 3.05) is 6.54 Å². The van der Waals surface area contributed by atoms with E-state index in [2.05, 4.69) is 12.4 Å². The molecule has 1 unspecified atom stereocenters. The molecule has 2 heterocycles. The van der Waals surface area contributed by atoms with Crippen LogP contribution in [0.15, 0.2) is 36.4 Å². The molecule has 0 saturated heterocycles. The van der Waals surface area contributed by atoms with E-state index in [9.17, 15) is 14.7 Å². The number of aromatic nitrogens is 1. The van der Waals surface area contributed by atoms with Crippen LogP contribution in [0.3, 0.4) is 0 Å². The Bertz CT molecular complexity index is 764. The second-order valence-corrected chi connectivity index (χ2v) is 6.18. The Morgan fingerprint density at radius 3 is 2.68 bits per heavy atom. The molecule has 6 nitrogen and oxygen atoms in total. The van der Waals surface area contributed by atoms with Crippen LogP contribution in [0.25, 0.3) is 0 Å². The van der Waals surface area contributed by atoms with Gasteiger partial charge in [0.25, 0.3) is 0 Å². The fourth-order valence-electron chi connectivity index (χ4n) is 3.10. The molecule has 2 N–H and O–H groups in total. The quantitative estimate of drug-likeness (QED) is 0.438. The maximum absolute atomic E-state index is 12.7. The molecular weight excluding hydrogens is 320 g/mol. The highest BCUT2D eigenvalue weighted by molar-refractivity contribution is 6.08. The summed E-state index contributed by atoms with van der Waals surface area (Å²) < 4.78 is 1.82. The van der Waals surface area contributed by atoms with Gasteiger partial charge in [-0.2, -0.15) is 5.48 Å². The molecule has 0 saturated carbocycles. The lowest BCUT2D eigenvalue weighted by atomic mass is 10.1. The van der Waals surface area contributed by atoms with Gasteiger partial charge in [-0.05, 0) is 49.2 Å². The number of aliphatic carboxylic acids is 1. The molecule has 3 rings (SSSR count). The number of carboxylic acids is 1. The Kier molecular flexibility index (Phi) is 5.19. The van der Waals surface area contributed by atoms with Crippen molar-refractivity contribution in [3.05, 3.63) is 53.3 Å². The number of hydrogen-bond acceptors (Lipinski definition) is 4. The van der Waals surface area contributed by atoms with Crippen LogP contribution < -0.4 is 10.3 Å². The van der Waals surface area contributed by atoms with Gasteiger partial charge in [-0.25, -0.2) is 0 Å². The van der Waals surface area contributed by atoms with E-state index in [1.165, 1.54) is 0 Å². The molecule has 1 atom stereocenters. The molecular formula is C19H22N2O4. The fourth-order valence-corrected chi connectivity index (χ4v) is 3.10. The smallest absolute Gasteiger partial charge is 0.312 e. The first kappa shape index (κ1) is 17.2. The zero-order valence-electron chi connectivity index (χ0n) is 14.2. The molecule has 1 aliphatic rings. The van der Waals surface area contributed by atoms with Crippen LogP contribution >= 0.6 is 0 Å². The van der Waals surface area contributed by atoms with Gasteiger partial charge in [-0.3, -0.25) is 9.59 Å². The third-order valence-electron chi connectivity index (χ3n) is 4.48. The van der Waals surface area contributed by atoms with Crippen molar-refractivity contribution in [1.29, 1.82) is 0 Å². The van der Waals surface area contributed by atoms with Crippen LogP contribution in [0.1, 0.15) is 53.8 Å². The van der Waals surface area contributed by atoms with E-state index in [1.807, 2.05) is 4.57 Å². The summed E-state index contributed by atoms with van der Waals surface area (Å²) in [7, 11) is 0. The summed E-state index contributed by atoms with van der Waals surface area (Å²) in [6.45, 7) is 3.44. The van der Waals surface area contributed by atoms with E-state index in [-0.39, 0.29) is 5.78 Å². The van der Waals surface area contributed by atoms with Gasteiger partial charge in [0.1, 0.15) is 5.75 Å². The summed E-state index contributed by atoms with van der Waals surface area (Å²) in [4.78, 5) is 29.4. The Balaban J connectivity index is 1.70. The van der Waals surface area contributed by atoms with Crippen molar-refractivity contribution in [3.63, 3.8) is 0 Å². The average molecular weight is 342 g/mol. The lowest BCUT2D eigenvalue weighted by Gasteiger charge is -2.08. The maximum atomic E-state index is 12.7. The van der Waals surface area contributed by atoms with E-state index in [0.717, 1.165) is 19.4 Å². The predicted molar refractivity (Wildman–Crippen MR) is 92.8 cm³/mol. The monoisotopic (exact) mass is 342 g/mol. The molecule has 0 bridgehead atoms. The molecule has 0 amide bonds. The fraction of sp³-hybridized carbons (Fsp3) is 0.368. The van der Waals surface area contributed by atoms with Crippen molar-refractivity contribution in [2.24, 2.45) is 0 Å². The summed E-state index contributed by atoms with van der Waals surface area (Å²) in [6, 6.07) is 10.4. The number of unbranched alkanes of at least 4 members (excludes halogenated alkanes) is 1. The zero-order valence-corrected chi connectivity index (χ0v) is 14.2. The highest BCUT2D eigenvalue weighted by Crippen LogP contribution is 2.31. The highest BCUT2D eigenvalue weighted by atomic mass is 16.6. The molecule has 1 aromatic carbocycles. The number of nitrogens with zero attached hydrogens (tertiary/aromatic N) is 1. The summed E-state index contributed by atoms with van der Waals surface area (Å²) in [6.07, 6.45) is 2.66. The van der Waals surface area contributed by atoms with Crippen molar-refractivity contribution in [2.45, 2.75) is 38.6 Å². The SMILES string of the molecule is CCCCNOc1ccc(C(=O)c2ccc3n2CCC3C(=O)O)cc1. The Morgan fingerprint density at radius 2 is 2.00 bits per heavy atom. The zero-order chi connectivity index (χ0) is 17.8. The third-order valence-corrected chi connectivity index (χ3v) is 4.48. The lowest BCUT2D eigenvalue weighted by Crippen LogP contribution is -2.19. The number of benzene rings is 1. The molecule has 6 heteroatoms. The van der Waals surface area contributed by atoms with Gasteiger partial charge in [0.15, 0.2) is 0 Å². The number of carbonyl (C=O) groups excluding carboxylic acids is 1. The van der Waals surface area contributed by atoms with Gasteiger partial charge >= 0.3 is 5.97 Å². The molecule has 1 aliphatic heterocycles. The first-order chi connectivity index (χ1) is 12.1. The van der Waals surface area contributed by atoms with Crippen LogP contribution in [0.5, 0.6) is 5.75 Å². The second-order valence-electron chi connectivity index (χ2n) is 6.18. The molecule has 0 radical (unpaired) electrons. The van der Waals surface area contributed by atoms with Crippen LogP contribution in [-0.4, -0.2) is 28.0 Å². The summed E-state index contributed by atoms with van der Waals surface area (Å²) >= 11 is 0. The molecule has 25 heavy (non-hydrogen) atoms. The van der Waals surface area contributed by atoms with E-state index >= 15 is 0 Å². The van der Waals surface area contributed by atoms with Crippen LogP contribution in [0.4, 0.5) is 0 Å². The number of carbonyl (C=O) groups is 2. The van der Waals surface area contributed by atoms with Crippen molar-refractivity contribution in [1.82, 2.24) is 10.0 Å². The predicted octanol–water partition coefficient (Wildman–Crippen LogP) is 2.97. The number of carboxylic acid groups (broad SMARTS) is 1. The number of nitrogens with one attached hydrogen (secondary N) is 1. The summed E-state index contributed by atoms with van der Waals surface area (Å²) in [5, 5.41) is 9.24. The largest absolute Gasteiger partial charge is 0.481 e. The highest BCUT2D eigenvalue weighted by Gasteiger charge is 2.31. The van der Waals surface area contributed by atoms with Gasteiger partial charge in [0, 0.05) is 24.3 Å². The van der Waals surface area contributed by atoms with Gasteiger partial charge in [0.05, 0.1) is 11.6 Å². The Morgan fingerprint density at radius 1 is 1.24 bits per heavy atom. The lowest BCUT2D eigenvalue weighted by molar-refractivity contribution is -0.138. The minimum atomic E-state index is -0.840. The standard InChI is InChI=1S/C19H22N2O4/c1-2-3-11-20-25-14-6-4-13(5-7-14)18(22)17-9-8-16-15(19(23)24)10-12-21(16)17/h4-9,15,20H,2-3,10-12H2,1H3,(H,23,24). The van der Waals surface area contributed by atoms with E-state index in [4.69, 9.17) is 4.84 Å². The minimum absolute atomic E-state index is 0.109. The topological polar surface area (TPSA) is 80.6 Å². The summed E-state index contributed by atoms with van der Waals surface area (Å²) in [5.74, 6) is -0.818. The minimum Gasteiger partial charge on any atom is -0.481 e. The van der Waals surface area contributed by atoms with E-state index in [1.54, 1.807) is 36.4 Å². The van der Waals surface area contributed by atoms with Gasteiger partial charge in [-0.1, -0.05) is 13.3 Å². The first-order valence-electron chi connectivity index (χ1n) is 8.58. The van der Waals surface area contributed by atoms with Crippen molar-refractivity contribution >= 4 is 11.8 Å². The molecule has 1 aromatic heterocycles. The number of hydrogen-bond donors (Lipinski definition) is 2. The number of rotatable bonds is 8. The number of hydroxylamine groups is 1. The molecule has 0 spiro atoms. The first-order valence-corrected chi connectivity index (χ1v) is 8.58. The number of fused-ring (bicyclic) bond motifs is 1. The molecule has 0 fully saturated rings.